The molecule has 0 aliphatic carbocycles. The lowest BCUT2D eigenvalue weighted by molar-refractivity contribution is 0.271. The van der Waals surface area contributed by atoms with Gasteiger partial charge in [0.15, 0.2) is 0 Å². The minimum atomic E-state index is 0.667. The summed E-state index contributed by atoms with van der Waals surface area (Å²) in [6.45, 7) is 9.65. The first kappa shape index (κ1) is 27.2. The van der Waals surface area contributed by atoms with Gasteiger partial charge in [-0.3, -0.25) is 4.99 Å². The molecule has 0 saturated carbocycles. The number of aliphatic hydroxyl groups excluding tert-OH is 1. The molecule has 0 atom stereocenters. The van der Waals surface area contributed by atoms with Gasteiger partial charge in [-0.25, -0.2) is 0 Å². The van der Waals surface area contributed by atoms with E-state index in [1.54, 1.807) is 0 Å². The monoisotopic (exact) mass is 441 g/mol. The Morgan fingerprint density at radius 2 is 1.56 bits per heavy atom. The Morgan fingerprint density at radius 3 is 2.12 bits per heavy atom. The number of aliphatic hydroxyl groups is 1. The molecule has 0 aromatic heterocycles. The molecule has 0 aliphatic rings. The van der Waals surface area contributed by atoms with Gasteiger partial charge in [-0.2, -0.15) is 0 Å². The average molecular weight is 442 g/mol. The molecule has 0 fully saturated rings. The van der Waals surface area contributed by atoms with E-state index in [0.717, 1.165) is 55.1 Å². The molecular formula is C26H39N3O3. The summed E-state index contributed by atoms with van der Waals surface area (Å²) in [6.07, 6.45) is 0.931. The molecule has 0 aliphatic heterocycles. The number of likely N-dealkylation sites (N-methyl/N-ethyl adjacent to an activating group) is 1. The summed E-state index contributed by atoms with van der Waals surface area (Å²) in [6, 6.07) is 18.0. The van der Waals surface area contributed by atoms with Crippen molar-refractivity contribution < 1.29 is 14.6 Å². The van der Waals surface area contributed by atoms with Crippen LogP contribution < -0.4 is 15.2 Å². The van der Waals surface area contributed by atoms with E-state index in [4.69, 9.17) is 25.3 Å². The highest BCUT2D eigenvalue weighted by Gasteiger charge is 2.09. The number of hydrogen-bond acceptors (Lipinski definition) is 6. The van der Waals surface area contributed by atoms with Gasteiger partial charge in [0.05, 0.1) is 19.8 Å². The van der Waals surface area contributed by atoms with Crippen LogP contribution in [0.4, 0.5) is 0 Å². The molecule has 176 valence electrons. The Hall–Kier alpha value is -2.83. The molecule has 2 aromatic rings. The van der Waals surface area contributed by atoms with Crippen molar-refractivity contribution in [1.82, 2.24) is 4.90 Å². The van der Waals surface area contributed by atoms with Crippen molar-refractivity contribution in [3.8, 4) is 11.5 Å². The number of hydrogen-bond donors (Lipinski definition) is 2. The summed E-state index contributed by atoms with van der Waals surface area (Å²) in [5.74, 6) is 1.73. The van der Waals surface area contributed by atoms with Crippen LogP contribution in [0.25, 0.3) is 0 Å². The molecular weight excluding hydrogens is 402 g/mol. The number of ether oxygens (including phenoxy) is 2. The predicted molar refractivity (Wildman–Crippen MR) is 134 cm³/mol. The topological polar surface area (TPSA) is 80.3 Å². The summed E-state index contributed by atoms with van der Waals surface area (Å²) < 4.78 is 11.3. The van der Waals surface area contributed by atoms with Crippen LogP contribution in [-0.4, -0.2) is 56.2 Å². The van der Waals surface area contributed by atoms with Gasteiger partial charge >= 0.3 is 0 Å². The standard InChI is InChI=1S/C25H35N3O2.CH4O/c1-5-29-23-12-14-24(15-13-23)30-17-9-16-28(4)19-25(20(2)26)21(3)27-18-22-10-7-6-8-11-22;1-2/h6-8,10-15H,5,9,16-19,26H2,1-4H3;2H,1H3/b25-20-,27-21?;. The van der Waals surface area contributed by atoms with E-state index in [0.29, 0.717) is 19.8 Å². The molecule has 6 nitrogen and oxygen atoms in total. The number of nitrogens with two attached hydrogens (primary N) is 1. The molecule has 0 saturated heterocycles. The zero-order valence-corrected chi connectivity index (χ0v) is 20.2. The van der Waals surface area contributed by atoms with Gasteiger partial charge in [-0.05, 0) is 64.1 Å². The predicted octanol–water partition coefficient (Wildman–Crippen LogP) is 4.29. The lowest BCUT2D eigenvalue weighted by atomic mass is 10.1. The minimum absolute atomic E-state index is 0.667. The fourth-order valence-electron chi connectivity index (χ4n) is 3.09. The summed E-state index contributed by atoms with van der Waals surface area (Å²) in [7, 11) is 3.10. The van der Waals surface area contributed by atoms with Gasteiger partial charge in [0.2, 0.25) is 0 Å². The third kappa shape index (κ3) is 10.5. The van der Waals surface area contributed by atoms with Gasteiger partial charge in [0, 0.05) is 37.2 Å². The average Bonchev–Trinajstić information content (AvgIpc) is 2.82. The smallest absolute Gasteiger partial charge is 0.119 e. The second-order valence-corrected chi connectivity index (χ2v) is 7.39. The fraction of sp³-hybridized carbons (Fsp3) is 0.423. The number of rotatable bonds is 12. The van der Waals surface area contributed by atoms with Crippen LogP contribution in [0.5, 0.6) is 11.5 Å². The molecule has 3 N–H and O–H groups in total. The zero-order chi connectivity index (χ0) is 23.8. The maximum Gasteiger partial charge on any atom is 0.119 e. The molecule has 0 bridgehead atoms. The molecule has 0 unspecified atom stereocenters. The lowest BCUT2D eigenvalue weighted by Gasteiger charge is -2.20. The Morgan fingerprint density at radius 1 is 0.969 bits per heavy atom. The molecule has 6 heteroatoms. The van der Waals surface area contributed by atoms with Crippen molar-refractivity contribution in [2.75, 3.05) is 40.5 Å². The van der Waals surface area contributed by atoms with Crippen molar-refractivity contribution in [2.24, 2.45) is 10.7 Å². The quantitative estimate of drug-likeness (QED) is 0.379. The van der Waals surface area contributed by atoms with Crippen LogP contribution in [0.15, 0.2) is 70.9 Å². The van der Waals surface area contributed by atoms with E-state index in [1.165, 1.54) is 5.56 Å². The van der Waals surface area contributed by atoms with Crippen LogP contribution in [0.3, 0.4) is 0 Å². The second kappa shape index (κ2) is 15.9. The first-order valence-corrected chi connectivity index (χ1v) is 11.0. The van der Waals surface area contributed by atoms with Crippen LogP contribution in [0.2, 0.25) is 0 Å². The van der Waals surface area contributed by atoms with Crippen LogP contribution in [0, 0.1) is 0 Å². The van der Waals surface area contributed by atoms with E-state index in [9.17, 15) is 0 Å². The van der Waals surface area contributed by atoms with E-state index >= 15 is 0 Å². The maximum absolute atomic E-state index is 7.00. The Labute approximate surface area is 193 Å². The maximum atomic E-state index is 7.00. The second-order valence-electron chi connectivity index (χ2n) is 7.39. The van der Waals surface area contributed by atoms with Gasteiger partial charge in [-0.1, -0.05) is 30.3 Å². The van der Waals surface area contributed by atoms with Crippen molar-refractivity contribution >= 4 is 5.71 Å². The molecule has 2 aromatic carbocycles. The summed E-state index contributed by atoms with van der Waals surface area (Å²) in [4.78, 5) is 7.00. The van der Waals surface area contributed by atoms with E-state index in [2.05, 4.69) is 24.1 Å². The van der Waals surface area contributed by atoms with Crippen molar-refractivity contribution in [3.63, 3.8) is 0 Å². The van der Waals surface area contributed by atoms with Crippen LogP contribution in [0.1, 0.15) is 32.8 Å². The highest BCUT2D eigenvalue weighted by molar-refractivity contribution is 5.99. The molecule has 0 amide bonds. The number of allylic oxidation sites excluding steroid dienone is 1. The van der Waals surface area contributed by atoms with Gasteiger partial charge in [-0.15, -0.1) is 0 Å². The SMILES string of the molecule is CCOc1ccc(OCCCN(C)C/C(C(C)=NCc2ccccc2)=C(\C)N)cc1.CO. The summed E-state index contributed by atoms with van der Waals surface area (Å²) >= 11 is 0. The fourth-order valence-corrected chi connectivity index (χ4v) is 3.09. The van der Waals surface area contributed by atoms with Crippen LogP contribution in [-0.2, 0) is 6.54 Å². The first-order chi connectivity index (χ1) is 15.5. The third-order valence-corrected chi connectivity index (χ3v) is 4.77. The molecule has 0 heterocycles. The summed E-state index contributed by atoms with van der Waals surface area (Å²) in [5, 5.41) is 7.00. The Kier molecular flexibility index (Phi) is 13.5. The minimum Gasteiger partial charge on any atom is -0.494 e. The van der Waals surface area contributed by atoms with Crippen LogP contribution >= 0.6 is 0 Å². The Bertz CT molecular complexity index is 814. The third-order valence-electron chi connectivity index (χ3n) is 4.77. The number of aliphatic imine (C=N–C) groups is 1. The molecule has 0 spiro atoms. The van der Waals surface area contributed by atoms with Gasteiger partial charge in [0.25, 0.3) is 0 Å². The highest BCUT2D eigenvalue weighted by atomic mass is 16.5. The van der Waals surface area contributed by atoms with E-state index < -0.39 is 0 Å². The largest absolute Gasteiger partial charge is 0.494 e. The Balaban J connectivity index is 0.00000249. The van der Waals surface area contributed by atoms with Crippen molar-refractivity contribution in [3.05, 3.63) is 71.4 Å². The van der Waals surface area contributed by atoms with E-state index in [1.807, 2.05) is 63.2 Å². The molecule has 0 radical (unpaired) electrons. The summed E-state index contributed by atoms with van der Waals surface area (Å²) in [5.41, 5.74) is 10.3. The first-order valence-electron chi connectivity index (χ1n) is 11.0. The van der Waals surface area contributed by atoms with Crippen molar-refractivity contribution in [2.45, 2.75) is 33.7 Å². The molecule has 32 heavy (non-hydrogen) atoms. The lowest BCUT2D eigenvalue weighted by Crippen LogP contribution is -2.27. The van der Waals surface area contributed by atoms with Gasteiger partial charge < -0.3 is 25.2 Å². The number of nitrogens with zero attached hydrogens (tertiary/aromatic N) is 2. The van der Waals surface area contributed by atoms with Gasteiger partial charge in [0.1, 0.15) is 11.5 Å². The zero-order valence-electron chi connectivity index (χ0n) is 20.2. The normalized spacial score (nSPS) is 12.0. The number of benzene rings is 2. The van der Waals surface area contributed by atoms with E-state index in [-0.39, 0.29) is 0 Å². The van der Waals surface area contributed by atoms with Crippen molar-refractivity contribution in [1.29, 1.82) is 0 Å². The molecule has 2 rings (SSSR count). The highest BCUT2D eigenvalue weighted by Crippen LogP contribution is 2.17.